The van der Waals surface area contributed by atoms with Gasteiger partial charge in [-0.3, -0.25) is 9.59 Å². The van der Waals surface area contributed by atoms with Gasteiger partial charge in [0, 0.05) is 22.4 Å². The minimum Gasteiger partial charge on any atom is -0.352 e. The maximum absolute atomic E-state index is 13.3. The van der Waals surface area contributed by atoms with Gasteiger partial charge in [0.15, 0.2) is 0 Å². The van der Waals surface area contributed by atoms with Crippen LogP contribution in [0.2, 0.25) is 0 Å². The van der Waals surface area contributed by atoms with Crippen molar-refractivity contribution in [3.05, 3.63) is 30.3 Å². The Bertz CT molecular complexity index is 943. The molecule has 4 fully saturated rings. The Morgan fingerprint density at radius 1 is 1.00 bits per heavy atom. The molecule has 1 saturated heterocycles. The van der Waals surface area contributed by atoms with Crippen molar-refractivity contribution in [2.24, 2.45) is 34.5 Å². The summed E-state index contributed by atoms with van der Waals surface area (Å²) in [6.45, 7) is 11.1. The van der Waals surface area contributed by atoms with E-state index in [1.54, 1.807) is 11.8 Å². The number of fused-ring (bicyclic) bond motifs is 5. The van der Waals surface area contributed by atoms with Crippen LogP contribution in [0, 0.1) is 34.5 Å². The number of hydrogen-bond acceptors (Lipinski definition) is 3. The fourth-order valence-corrected chi connectivity index (χ4v) is 9.65. The molecule has 3 saturated carbocycles. The molecule has 3 aliphatic carbocycles. The topological polar surface area (TPSA) is 58.2 Å². The van der Waals surface area contributed by atoms with Crippen LogP contribution >= 0.6 is 11.8 Å². The van der Waals surface area contributed by atoms with Crippen molar-refractivity contribution in [2.45, 2.75) is 101 Å². The van der Waals surface area contributed by atoms with Crippen LogP contribution in [0.5, 0.6) is 0 Å². The number of carbonyl (C=O) groups is 2. The highest BCUT2D eigenvalue weighted by molar-refractivity contribution is 8.00. The average Bonchev–Trinajstić information content (AvgIpc) is 3.12. The van der Waals surface area contributed by atoms with Gasteiger partial charge in [-0.05, 0) is 106 Å². The van der Waals surface area contributed by atoms with Crippen LogP contribution in [0.25, 0.3) is 0 Å². The molecule has 1 aromatic rings. The van der Waals surface area contributed by atoms with Crippen molar-refractivity contribution >= 4 is 23.6 Å². The number of nitrogens with one attached hydrogen (secondary N) is 2. The van der Waals surface area contributed by atoms with Crippen LogP contribution in [-0.2, 0) is 9.59 Å². The molecule has 1 aliphatic heterocycles. The molecule has 0 bridgehead atoms. The molecule has 8 atom stereocenters. The summed E-state index contributed by atoms with van der Waals surface area (Å²) in [5.74, 6) is 2.54. The van der Waals surface area contributed by atoms with E-state index in [0.29, 0.717) is 23.8 Å². The first-order valence-corrected chi connectivity index (χ1v) is 14.2. The summed E-state index contributed by atoms with van der Waals surface area (Å²) in [5.41, 5.74) is 0.0617. The number of benzene rings is 1. The Balaban J connectivity index is 1.36. The number of thioether (sulfide) groups is 1. The van der Waals surface area contributed by atoms with Crippen molar-refractivity contribution in [3.8, 4) is 0 Å². The summed E-state index contributed by atoms with van der Waals surface area (Å²) in [6.07, 6.45) is 7.75. The summed E-state index contributed by atoms with van der Waals surface area (Å²) in [5, 5.41) is 6.73. The molecule has 0 spiro atoms. The molecule has 5 heteroatoms. The predicted octanol–water partition coefficient (Wildman–Crippen LogP) is 5.81. The maximum atomic E-state index is 13.3. The monoisotopic (exact) mass is 482 g/mol. The molecule has 34 heavy (non-hydrogen) atoms. The third kappa shape index (κ3) is 4.10. The molecule has 2 amide bonds. The molecule has 4 aliphatic rings. The molecule has 1 heterocycles. The molecule has 1 aromatic carbocycles. The highest BCUT2D eigenvalue weighted by atomic mass is 32.2. The number of hydrogen-bond donors (Lipinski definition) is 2. The van der Waals surface area contributed by atoms with E-state index in [4.69, 9.17) is 0 Å². The molecule has 4 nitrogen and oxygen atoms in total. The lowest BCUT2D eigenvalue weighted by atomic mass is 9.47. The largest absolute Gasteiger partial charge is 0.352 e. The SMILES string of the molecule is CC(C)(C)NC(=O)[C@H]1CCC2C3CCC4NC(=O)C(Sc5ccccc5)C[C@]4(C)C3CC[C@@]21C. The van der Waals surface area contributed by atoms with E-state index in [1.165, 1.54) is 24.2 Å². The van der Waals surface area contributed by atoms with Crippen molar-refractivity contribution in [1.82, 2.24) is 10.6 Å². The van der Waals surface area contributed by atoms with Gasteiger partial charge >= 0.3 is 0 Å². The zero-order chi connectivity index (χ0) is 24.3. The summed E-state index contributed by atoms with van der Waals surface area (Å²) >= 11 is 1.73. The first-order valence-electron chi connectivity index (χ1n) is 13.4. The zero-order valence-corrected chi connectivity index (χ0v) is 22.3. The van der Waals surface area contributed by atoms with Crippen LogP contribution in [0.3, 0.4) is 0 Å². The fourth-order valence-electron chi connectivity index (χ4n) is 8.39. The standard InChI is InChI=1S/C29H42N2O2S/c1-27(2,3)31-25(32)22-13-12-20-19-11-14-24-29(5,21(19)15-16-28(20,22)4)17-23(26(33)30-24)34-18-9-7-6-8-10-18/h6-10,19-24H,11-17H2,1-5H3,(H,30,33)(H,31,32)/t19?,20?,21?,22-,23?,24?,28+,29-/m1/s1. The van der Waals surface area contributed by atoms with Crippen LogP contribution in [0.15, 0.2) is 35.2 Å². The Labute approximate surface area is 209 Å². The van der Waals surface area contributed by atoms with Crippen LogP contribution < -0.4 is 10.6 Å². The molecular weight excluding hydrogens is 440 g/mol. The van der Waals surface area contributed by atoms with Gasteiger partial charge in [0.1, 0.15) is 0 Å². The lowest BCUT2D eigenvalue weighted by Crippen LogP contribution is -2.64. The molecule has 5 rings (SSSR count). The minimum absolute atomic E-state index is 0.0235. The number of carbonyl (C=O) groups excluding carboxylic acids is 2. The first-order chi connectivity index (χ1) is 16.0. The van der Waals surface area contributed by atoms with E-state index < -0.39 is 0 Å². The second-order valence-electron chi connectivity index (χ2n) is 13.1. The average molecular weight is 483 g/mol. The van der Waals surface area contributed by atoms with Gasteiger partial charge in [-0.1, -0.05) is 32.0 Å². The van der Waals surface area contributed by atoms with Crippen molar-refractivity contribution in [3.63, 3.8) is 0 Å². The van der Waals surface area contributed by atoms with E-state index in [2.05, 4.69) is 69.5 Å². The number of amides is 2. The quantitative estimate of drug-likeness (QED) is 0.572. The summed E-state index contributed by atoms with van der Waals surface area (Å²) in [4.78, 5) is 27.5. The van der Waals surface area contributed by atoms with Crippen molar-refractivity contribution in [2.75, 3.05) is 0 Å². The van der Waals surface area contributed by atoms with Crippen molar-refractivity contribution in [1.29, 1.82) is 0 Å². The van der Waals surface area contributed by atoms with Gasteiger partial charge in [-0.25, -0.2) is 0 Å². The van der Waals surface area contributed by atoms with Gasteiger partial charge in [-0.15, -0.1) is 11.8 Å². The molecular formula is C29H42N2O2S. The third-order valence-electron chi connectivity index (χ3n) is 9.94. The Morgan fingerprint density at radius 2 is 1.71 bits per heavy atom. The number of piperidine rings is 1. The van der Waals surface area contributed by atoms with Crippen molar-refractivity contribution < 1.29 is 9.59 Å². The third-order valence-corrected chi connectivity index (χ3v) is 11.1. The summed E-state index contributed by atoms with van der Waals surface area (Å²) < 4.78 is 0. The molecule has 0 aromatic heterocycles. The first kappa shape index (κ1) is 24.2. The van der Waals surface area contributed by atoms with E-state index in [9.17, 15) is 9.59 Å². The highest BCUT2D eigenvalue weighted by Crippen LogP contribution is 2.66. The van der Waals surface area contributed by atoms with Gasteiger partial charge in [0.2, 0.25) is 11.8 Å². The molecule has 186 valence electrons. The Morgan fingerprint density at radius 3 is 2.41 bits per heavy atom. The van der Waals surface area contributed by atoms with Gasteiger partial charge in [0.05, 0.1) is 5.25 Å². The Hall–Kier alpha value is -1.49. The lowest BCUT2D eigenvalue weighted by Gasteiger charge is -2.60. The molecule has 5 unspecified atom stereocenters. The minimum atomic E-state index is -0.181. The van der Waals surface area contributed by atoms with Gasteiger partial charge in [0.25, 0.3) is 0 Å². The molecule has 0 radical (unpaired) electrons. The van der Waals surface area contributed by atoms with Gasteiger partial charge < -0.3 is 10.6 Å². The predicted molar refractivity (Wildman–Crippen MR) is 138 cm³/mol. The van der Waals surface area contributed by atoms with Crippen LogP contribution in [0.1, 0.15) is 79.6 Å². The van der Waals surface area contributed by atoms with Crippen LogP contribution in [0.4, 0.5) is 0 Å². The van der Waals surface area contributed by atoms with E-state index in [1.807, 2.05) is 6.07 Å². The zero-order valence-electron chi connectivity index (χ0n) is 21.5. The van der Waals surface area contributed by atoms with E-state index in [-0.39, 0.29) is 39.4 Å². The molecule has 2 N–H and O–H groups in total. The highest BCUT2D eigenvalue weighted by Gasteiger charge is 2.62. The smallest absolute Gasteiger partial charge is 0.233 e. The van der Waals surface area contributed by atoms with E-state index in [0.717, 1.165) is 25.7 Å². The maximum Gasteiger partial charge on any atom is 0.233 e. The van der Waals surface area contributed by atoms with E-state index >= 15 is 0 Å². The Kier molecular flexibility index (Phi) is 6.10. The number of rotatable bonds is 3. The summed E-state index contributed by atoms with van der Waals surface area (Å²) in [7, 11) is 0. The van der Waals surface area contributed by atoms with Crippen LogP contribution in [-0.4, -0.2) is 28.6 Å². The second-order valence-corrected chi connectivity index (χ2v) is 14.3. The normalized spacial score (nSPS) is 41.6. The summed E-state index contributed by atoms with van der Waals surface area (Å²) in [6, 6.07) is 10.7. The van der Waals surface area contributed by atoms with Gasteiger partial charge in [-0.2, -0.15) is 0 Å². The fraction of sp³-hybridized carbons (Fsp3) is 0.724. The lowest BCUT2D eigenvalue weighted by molar-refractivity contribution is -0.141. The second kappa shape index (κ2) is 8.57.